The molecule has 0 aromatic carbocycles. The first-order valence-electron chi connectivity index (χ1n) is 5.23. The standard InChI is InChI=1S/C11H11N5S/c1-7-9(8-6-17-11(12-2)15-8)16-5-3-4-13-10(16)14-7/h3-6H,1-2H3,(H,12,15). The quantitative estimate of drug-likeness (QED) is 0.752. The average molecular weight is 245 g/mol. The van der Waals surface area contributed by atoms with Crippen molar-refractivity contribution < 1.29 is 0 Å². The van der Waals surface area contributed by atoms with Gasteiger partial charge in [-0.1, -0.05) is 0 Å². The van der Waals surface area contributed by atoms with Crippen molar-refractivity contribution in [3.05, 3.63) is 29.5 Å². The molecule has 0 aliphatic carbocycles. The number of aromatic nitrogens is 4. The fourth-order valence-electron chi connectivity index (χ4n) is 1.80. The van der Waals surface area contributed by atoms with Crippen LogP contribution < -0.4 is 5.32 Å². The lowest BCUT2D eigenvalue weighted by atomic mass is 10.3. The molecule has 17 heavy (non-hydrogen) atoms. The van der Waals surface area contributed by atoms with Crippen molar-refractivity contribution in [1.29, 1.82) is 0 Å². The van der Waals surface area contributed by atoms with Crippen LogP contribution in [0.25, 0.3) is 17.2 Å². The zero-order valence-corrected chi connectivity index (χ0v) is 10.3. The first-order valence-corrected chi connectivity index (χ1v) is 6.11. The average Bonchev–Trinajstić information content (AvgIpc) is 2.91. The van der Waals surface area contributed by atoms with E-state index < -0.39 is 0 Å². The van der Waals surface area contributed by atoms with Crippen molar-refractivity contribution in [3.8, 4) is 11.4 Å². The molecule has 0 aliphatic rings. The summed E-state index contributed by atoms with van der Waals surface area (Å²) in [6.07, 6.45) is 3.70. The Labute approximate surface area is 102 Å². The van der Waals surface area contributed by atoms with Crippen molar-refractivity contribution in [2.45, 2.75) is 6.92 Å². The number of nitrogens with zero attached hydrogens (tertiary/aromatic N) is 4. The highest BCUT2D eigenvalue weighted by Gasteiger charge is 2.13. The van der Waals surface area contributed by atoms with E-state index in [1.54, 1.807) is 17.5 Å². The largest absolute Gasteiger partial charge is 0.365 e. The Morgan fingerprint density at radius 3 is 3.00 bits per heavy atom. The van der Waals surface area contributed by atoms with Gasteiger partial charge in [-0.2, -0.15) is 0 Å². The summed E-state index contributed by atoms with van der Waals surface area (Å²) in [7, 11) is 1.87. The number of imidazole rings is 1. The Bertz CT molecular complexity index is 669. The van der Waals surface area contributed by atoms with Gasteiger partial charge >= 0.3 is 0 Å². The number of nitrogens with one attached hydrogen (secondary N) is 1. The van der Waals surface area contributed by atoms with Crippen LogP contribution in [0, 0.1) is 6.92 Å². The molecule has 0 fully saturated rings. The van der Waals surface area contributed by atoms with Crippen molar-refractivity contribution >= 4 is 22.2 Å². The second kappa shape index (κ2) is 3.81. The van der Waals surface area contributed by atoms with Gasteiger partial charge in [0.25, 0.3) is 0 Å². The van der Waals surface area contributed by atoms with Crippen LogP contribution in [0.2, 0.25) is 0 Å². The van der Waals surface area contributed by atoms with Crippen molar-refractivity contribution in [2.24, 2.45) is 0 Å². The maximum atomic E-state index is 4.50. The van der Waals surface area contributed by atoms with Gasteiger partial charge in [-0.15, -0.1) is 11.3 Å². The number of thiazole rings is 1. The number of anilines is 1. The van der Waals surface area contributed by atoms with E-state index in [2.05, 4.69) is 20.3 Å². The minimum atomic E-state index is 0.707. The van der Waals surface area contributed by atoms with Crippen LogP contribution in [-0.4, -0.2) is 26.4 Å². The monoisotopic (exact) mass is 245 g/mol. The van der Waals surface area contributed by atoms with Crippen molar-refractivity contribution in [1.82, 2.24) is 19.4 Å². The van der Waals surface area contributed by atoms with Gasteiger partial charge in [0, 0.05) is 24.8 Å². The molecule has 0 bridgehead atoms. The Morgan fingerprint density at radius 2 is 2.24 bits per heavy atom. The summed E-state index contributed by atoms with van der Waals surface area (Å²) in [5.41, 5.74) is 2.87. The van der Waals surface area contributed by atoms with Crippen LogP contribution in [0.3, 0.4) is 0 Å². The van der Waals surface area contributed by atoms with Gasteiger partial charge in [-0.3, -0.25) is 4.40 Å². The van der Waals surface area contributed by atoms with Crippen LogP contribution in [0.15, 0.2) is 23.8 Å². The fraction of sp³-hybridized carbons (Fsp3) is 0.182. The third kappa shape index (κ3) is 1.57. The van der Waals surface area contributed by atoms with Gasteiger partial charge in [0.2, 0.25) is 5.78 Å². The summed E-state index contributed by atoms with van der Waals surface area (Å²) in [6.45, 7) is 1.97. The van der Waals surface area contributed by atoms with Gasteiger partial charge in [-0.05, 0) is 13.0 Å². The van der Waals surface area contributed by atoms with E-state index in [1.807, 2.05) is 36.0 Å². The number of hydrogen-bond acceptors (Lipinski definition) is 5. The second-order valence-electron chi connectivity index (χ2n) is 3.62. The molecule has 0 spiro atoms. The number of fused-ring (bicyclic) bond motifs is 1. The summed E-state index contributed by atoms with van der Waals surface area (Å²) < 4.78 is 1.96. The summed E-state index contributed by atoms with van der Waals surface area (Å²) in [4.78, 5) is 13.1. The SMILES string of the molecule is CNc1nc(-c2c(C)nc3ncccn23)cs1. The summed E-state index contributed by atoms with van der Waals surface area (Å²) in [6, 6.07) is 1.89. The van der Waals surface area contributed by atoms with Gasteiger partial charge in [0.15, 0.2) is 5.13 Å². The van der Waals surface area contributed by atoms with Crippen LogP contribution in [0.5, 0.6) is 0 Å². The molecule has 0 amide bonds. The molecule has 0 saturated heterocycles. The van der Waals surface area contributed by atoms with E-state index in [0.29, 0.717) is 5.78 Å². The predicted octanol–water partition coefficient (Wildman–Crippen LogP) is 2.20. The van der Waals surface area contributed by atoms with Gasteiger partial charge < -0.3 is 5.32 Å². The smallest absolute Gasteiger partial charge is 0.234 e. The Hall–Kier alpha value is -1.95. The van der Waals surface area contributed by atoms with Gasteiger partial charge in [0.1, 0.15) is 5.69 Å². The number of aryl methyl sites for hydroxylation is 1. The first kappa shape index (κ1) is 10.2. The molecule has 0 radical (unpaired) electrons. The lowest BCUT2D eigenvalue weighted by molar-refractivity contribution is 1.11. The molecular formula is C11H11N5S. The Balaban J connectivity index is 2.25. The van der Waals surface area contributed by atoms with E-state index in [4.69, 9.17) is 0 Å². The van der Waals surface area contributed by atoms with Crippen LogP contribution in [0.4, 0.5) is 5.13 Å². The Kier molecular flexibility index (Phi) is 2.29. The van der Waals surface area contributed by atoms with Crippen LogP contribution in [0.1, 0.15) is 5.69 Å². The molecule has 1 N–H and O–H groups in total. The molecule has 3 heterocycles. The van der Waals surface area contributed by atoms with Gasteiger partial charge in [-0.25, -0.2) is 15.0 Å². The fourth-order valence-corrected chi connectivity index (χ4v) is 2.46. The van der Waals surface area contributed by atoms with E-state index in [0.717, 1.165) is 22.2 Å². The highest BCUT2D eigenvalue weighted by atomic mass is 32.1. The van der Waals surface area contributed by atoms with E-state index in [1.165, 1.54) is 0 Å². The molecule has 3 aromatic heterocycles. The van der Waals surface area contributed by atoms with Gasteiger partial charge in [0.05, 0.1) is 11.4 Å². The highest BCUT2D eigenvalue weighted by Crippen LogP contribution is 2.27. The molecule has 3 aromatic rings. The molecular weight excluding hydrogens is 234 g/mol. The lowest BCUT2D eigenvalue weighted by Crippen LogP contribution is -1.91. The third-order valence-electron chi connectivity index (χ3n) is 2.54. The molecule has 0 saturated carbocycles. The number of hydrogen-bond donors (Lipinski definition) is 1. The summed E-state index contributed by atoms with van der Waals surface area (Å²) >= 11 is 1.58. The minimum absolute atomic E-state index is 0.707. The highest BCUT2D eigenvalue weighted by molar-refractivity contribution is 7.14. The number of rotatable bonds is 2. The molecule has 0 atom stereocenters. The molecule has 6 heteroatoms. The zero-order chi connectivity index (χ0) is 11.8. The maximum Gasteiger partial charge on any atom is 0.234 e. The van der Waals surface area contributed by atoms with Crippen LogP contribution in [-0.2, 0) is 0 Å². The second-order valence-corrected chi connectivity index (χ2v) is 4.48. The van der Waals surface area contributed by atoms with Crippen molar-refractivity contribution in [2.75, 3.05) is 12.4 Å². The lowest BCUT2D eigenvalue weighted by Gasteiger charge is -1.98. The minimum Gasteiger partial charge on any atom is -0.365 e. The molecule has 86 valence electrons. The predicted molar refractivity (Wildman–Crippen MR) is 68.4 cm³/mol. The molecule has 0 unspecified atom stereocenters. The Morgan fingerprint density at radius 1 is 1.35 bits per heavy atom. The van der Waals surface area contributed by atoms with Crippen molar-refractivity contribution in [3.63, 3.8) is 0 Å². The topological polar surface area (TPSA) is 55.1 Å². The van der Waals surface area contributed by atoms with E-state index in [9.17, 15) is 0 Å². The molecule has 5 nitrogen and oxygen atoms in total. The maximum absolute atomic E-state index is 4.50. The third-order valence-corrected chi connectivity index (χ3v) is 3.40. The normalized spacial score (nSPS) is 10.9. The molecule has 3 rings (SSSR count). The first-order chi connectivity index (χ1) is 8.29. The zero-order valence-electron chi connectivity index (χ0n) is 9.51. The molecule has 0 aliphatic heterocycles. The summed E-state index contributed by atoms with van der Waals surface area (Å²) in [5.74, 6) is 0.707. The van der Waals surface area contributed by atoms with Crippen LogP contribution >= 0.6 is 11.3 Å². The van der Waals surface area contributed by atoms with E-state index >= 15 is 0 Å². The summed E-state index contributed by atoms with van der Waals surface area (Å²) in [5, 5.41) is 5.96. The van der Waals surface area contributed by atoms with E-state index in [-0.39, 0.29) is 0 Å².